The second-order valence-corrected chi connectivity index (χ2v) is 8.22. The Morgan fingerprint density at radius 2 is 2.00 bits per heavy atom. The van der Waals surface area contributed by atoms with Gasteiger partial charge >= 0.3 is 6.18 Å². The van der Waals surface area contributed by atoms with Crippen molar-refractivity contribution in [2.75, 3.05) is 18.4 Å². The van der Waals surface area contributed by atoms with Crippen LogP contribution in [-0.4, -0.2) is 39.9 Å². The Bertz CT molecular complexity index is 923. The molecule has 29 heavy (non-hydrogen) atoms. The van der Waals surface area contributed by atoms with Crippen molar-refractivity contribution in [3.8, 4) is 0 Å². The number of amides is 1. The molecule has 0 aromatic carbocycles. The van der Waals surface area contributed by atoms with Gasteiger partial charge in [-0.3, -0.25) is 4.79 Å². The number of carbonyl (C=O) groups is 1. The minimum Gasteiger partial charge on any atom is -0.368 e. The fraction of sp³-hybridized carbons (Fsp3) is 0.476. The van der Waals surface area contributed by atoms with Crippen LogP contribution in [0.4, 0.5) is 19.0 Å². The summed E-state index contributed by atoms with van der Waals surface area (Å²) in [5.74, 6) is 0.286. The van der Waals surface area contributed by atoms with Crippen LogP contribution in [-0.2, 0) is 6.18 Å². The van der Waals surface area contributed by atoms with Gasteiger partial charge < -0.3 is 10.2 Å². The summed E-state index contributed by atoms with van der Waals surface area (Å²) in [4.78, 5) is 23.4. The van der Waals surface area contributed by atoms with Gasteiger partial charge in [-0.15, -0.1) is 0 Å². The number of hydrogen-bond donors (Lipinski definition) is 1. The van der Waals surface area contributed by atoms with E-state index in [4.69, 9.17) is 0 Å². The number of aromatic nitrogens is 2. The second-order valence-electron chi connectivity index (χ2n) is 8.22. The predicted molar refractivity (Wildman–Crippen MR) is 103 cm³/mol. The summed E-state index contributed by atoms with van der Waals surface area (Å²) in [6, 6.07) is 6.07. The van der Waals surface area contributed by atoms with E-state index in [-0.39, 0.29) is 17.4 Å². The third kappa shape index (κ3) is 4.06. The average Bonchev–Trinajstić information content (AvgIpc) is 3.33. The summed E-state index contributed by atoms with van der Waals surface area (Å²) in [5, 5.41) is 3.10. The van der Waals surface area contributed by atoms with Crippen molar-refractivity contribution in [2.45, 2.75) is 45.3 Å². The maximum Gasteiger partial charge on any atom is 0.417 e. The van der Waals surface area contributed by atoms with Crippen LogP contribution in [0.25, 0.3) is 0 Å². The van der Waals surface area contributed by atoms with Crippen LogP contribution in [0, 0.1) is 19.3 Å². The smallest absolute Gasteiger partial charge is 0.368 e. The molecule has 5 nitrogen and oxygen atoms in total. The Hall–Kier alpha value is -2.64. The summed E-state index contributed by atoms with van der Waals surface area (Å²) in [6.07, 6.45) is -0.491. The molecule has 154 valence electrons. The Labute approximate surface area is 167 Å². The van der Waals surface area contributed by atoms with Crippen molar-refractivity contribution in [1.29, 1.82) is 0 Å². The molecule has 8 heteroatoms. The highest BCUT2D eigenvalue weighted by Gasteiger charge is 2.53. The SMILES string of the molecule is Cc1ccc(C)c(C(=O)N2CC3(CC3)C[C@H]2CNc2ccc(C(F)(F)F)cn2)n1. The summed E-state index contributed by atoms with van der Waals surface area (Å²) in [6.45, 7) is 4.88. The standard InChI is InChI=1S/C21H23F3N4O/c1-13-3-4-14(2)27-18(13)19(29)28-12-20(7-8-20)9-16(28)11-26-17-6-5-15(10-25-17)21(22,23)24/h3-6,10,16H,7-9,11-12H2,1-2H3,(H,25,26)/t16-/m0/s1. The minimum absolute atomic E-state index is 0.0456. The van der Waals surface area contributed by atoms with Crippen molar-refractivity contribution in [3.63, 3.8) is 0 Å². The molecule has 1 aliphatic heterocycles. The van der Waals surface area contributed by atoms with Gasteiger partial charge in [-0.05, 0) is 62.3 Å². The monoisotopic (exact) mass is 404 g/mol. The summed E-state index contributed by atoms with van der Waals surface area (Å²) in [5.41, 5.74) is 1.52. The molecule has 2 aromatic rings. The maximum atomic E-state index is 13.2. The molecule has 0 radical (unpaired) electrons. The van der Waals surface area contributed by atoms with Crippen LogP contribution in [0.5, 0.6) is 0 Å². The zero-order chi connectivity index (χ0) is 20.8. The van der Waals surface area contributed by atoms with Gasteiger partial charge in [0.2, 0.25) is 0 Å². The van der Waals surface area contributed by atoms with E-state index in [1.54, 1.807) is 0 Å². The van der Waals surface area contributed by atoms with E-state index in [0.717, 1.165) is 42.8 Å². The molecule has 3 heterocycles. The molecular formula is C21H23F3N4O. The summed E-state index contributed by atoms with van der Waals surface area (Å²) < 4.78 is 38.1. The molecule has 1 saturated carbocycles. The first-order chi connectivity index (χ1) is 13.7. The van der Waals surface area contributed by atoms with E-state index in [2.05, 4.69) is 15.3 Å². The van der Waals surface area contributed by atoms with Gasteiger partial charge in [-0.2, -0.15) is 13.2 Å². The van der Waals surface area contributed by atoms with Crippen LogP contribution in [0.1, 0.15) is 46.6 Å². The highest BCUT2D eigenvalue weighted by molar-refractivity contribution is 5.94. The van der Waals surface area contributed by atoms with Gasteiger partial charge in [-0.25, -0.2) is 9.97 Å². The first-order valence-electron chi connectivity index (χ1n) is 9.69. The molecule has 0 bridgehead atoms. The first-order valence-corrected chi connectivity index (χ1v) is 9.69. The normalized spacial score (nSPS) is 20.2. The Balaban J connectivity index is 1.48. The van der Waals surface area contributed by atoms with Crippen molar-refractivity contribution < 1.29 is 18.0 Å². The number of aryl methyl sites for hydroxylation is 2. The third-order valence-electron chi connectivity index (χ3n) is 5.88. The van der Waals surface area contributed by atoms with Gasteiger partial charge in [0.15, 0.2) is 0 Å². The second kappa shape index (κ2) is 7.00. The molecule has 1 N–H and O–H groups in total. The number of halogens is 3. The van der Waals surface area contributed by atoms with E-state index in [1.807, 2.05) is 30.9 Å². The zero-order valence-electron chi connectivity index (χ0n) is 16.4. The number of nitrogens with zero attached hydrogens (tertiary/aromatic N) is 3. The molecule has 2 aromatic heterocycles. The van der Waals surface area contributed by atoms with Gasteiger partial charge in [0.25, 0.3) is 5.91 Å². The number of alkyl halides is 3. The van der Waals surface area contributed by atoms with Crippen LogP contribution in [0.3, 0.4) is 0 Å². The number of carbonyl (C=O) groups excluding carboxylic acids is 1. The first kappa shape index (κ1) is 19.7. The number of pyridine rings is 2. The molecule has 1 aliphatic carbocycles. The lowest BCUT2D eigenvalue weighted by molar-refractivity contribution is -0.137. The Morgan fingerprint density at radius 1 is 1.24 bits per heavy atom. The van der Waals surface area contributed by atoms with Crippen molar-refractivity contribution in [3.05, 3.63) is 53.0 Å². The molecule has 2 fully saturated rings. The number of anilines is 1. The predicted octanol–water partition coefficient (Wildman–Crippen LogP) is 4.22. The van der Waals surface area contributed by atoms with Crippen molar-refractivity contribution in [1.82, 2.24) is 14.9 Å². The fourth-order valence-corrected chi connectivity index (χ4v) is 3.99. The average molecular weight is 404 g/mol. The zero-order valence-corrected chi connectivity index (χ0v) is 16.4. The number of nitrogens with one attached hydrogen (secondary N) is 1. The molecular weight excluding hydrogens is 381 g/mol. The largest absolute Gasteiger partial charge is 0.417 e. The molecule has 1 saturated heterocycles. The topological polar surface area (TPSA) is 58.1 Å². The quantitative estimate of drug-likeness (QED) is 0.829. The fourth-order valence-electron chi connectivity index (χ4n) is 3.99. The lowest BCUT2D eigenvalue weighted by Crippen LogP contribution is -2.40. The maximum absolute atomic E-state index is 13.2. The Morgan fingerprint density at radius 3 is 2.62 bits per heavy atom. The summed E-state index contributed by atoms with van der Waals surface area (Å²) >= 11 is 0. The highest BCUT2D eigenvalue weighted by atomic mass is 19.4. The van der Waals surface area contributed by atoms with Gasteiger partial charge in [0, 0.05) is 31.0 Å². The number of rotatable bonds is 4. The van der Waals surface area contributed by atoms with Crippen LogP contribution < -0.4 is 5.32 Å². The van der Waals surface area contributed by atoms with E-state index in [9.17, 15) is 18.0 Å². The van der Waals surface area contributed by atoms with E-state index >= 15 is 0 Å². The lowest BCUT2D eigenvalue weighted by atomic mass is 10.0. The molecule has 4 rings (SSSR count). The molecule has 1 spiro atoms. The van der Waals surface area contributed by atoms with Gasteiger partial charge in [0.1, 0.15) is 11.5 Å². The molecule has 0 unspecified atom stereocenters. The van der Waals surface area contributed by atoms with Crippen LogP contribution >= 0.6 is 0 Å². The molecule has 1 atom stereocenters. The Kier molecular flexibility index (Phi) is 4.75. The van der Waals surface area contributed by atoms with E-state index in [0.29, 0.717) is 24.6 Å². The highest BCUT2D eigenvalue weighted by Crippen LogP contribution is 2.55. The van der Waals surface area contributed by atoms with E-state index in [1.165, 1.54) is 6.07 Å². The van der Waals surface area contributed by atoms with Gasteiger partial charge in [0.05, 0.1) is 5.56 Å². The van der Waals surface area contributed by atoms with Crippen molar-refractivity contribution >= 4 is 11.7 Å². The van der Waals surface area contributed by atoms with Crippen LogP contribution in [0.2, 0.25) is 0 Å². The van der Waals surface area contributed by atoms with Crippen molar-refractivity contribution in [2.24, 2.45) is 5.41 Å². The summed E-state index contributed by atoms with van der Waals surface area (Å²) in [7, 11) is 0. The lowest BCUT2D eigenvalue weighted by Gasteiger charge is -2.25. The van der Waals surface area contributed by atoms with Gasteiger partial charge in [-0.1, -0.05) is 6.07 Å². The molecule has 1 amide bonds. The number of hydrogen-bond acceptors (Lipinski definition) is 4. The van der Waals surface area contributed by atoms with E-state index < -0.39 is 11.7 Å². The third-order valence-corrected chi connectivity index (χ3v) is 5.88. The van der Waals surface area contributed by atoms with Crippen LogP contribution in [0.15, 0.2) is 30.5 Å². The minimum atomic E-state index is -4.41. The number of likely N-dealkylation sites (tertiary alicyclic amines) is 1. The molecule has 2 aliphatic rings.